The van der Waals surface area contributed by atoms with Crippen molar-refractivity contribution in [1.82, 2.24) is 29.8 Å². The average Bonchev–Trinajstić information content (AvgIpc) is 3.39. The number of hydrogen-bond acceptors (Lipinski definition) is 6. The van der Waals surface area contributed by atoms with Gasteiger partial charge in [0.1, 0.15) is 30.8 Å². The van der Waals surface area contributed by atoms with E-state index in [4.69, 9.17) is 0 Å². The Morgan fingerprint density at radius 2 is 1.76 bits per heavy atom. The highest BCUT2D eigenvalue weighted by atomic mass is 16.2. The van der Waals surface area contributed by atoms with Gasteiger partial charge in [-0.25, -0.2) is 14.3 Å². The van der Waals surface area contributed by atoms with Gasteiger partial charge in [0, 0.05) is 11.4 Å². The zero-order chi connectivity index (χ0) is 20.2. The zero-order valence-corrected chi connectivity index (χ0v) is 15.6. The van der Waals surface area contributed by atoms with Gasteiger partial charge in [0.15, 0.2) is 0 Å². The van der Waals surface area contributed by atoms with Gasteiger partial charge in [0.25, 0.3) is 0 Å². The summed E-state index contributed by atoms with van der Waals surface area (Å²) in [6.45, 7) is 1.78. The van der Waals surface area contributed by atoms with Crippen LogP contribution in [0.5, 0.6) is 0 Å². The first-order valence-electron chi connectivity index (χ1n) is 8.93. The summed E-state index contributed by atoms with van der Waals surface area (Å²) in [7, 11) is 0. The minimum atomic E-state index is -0.491. The number of anilines is 2. The van der Waals surface area contributed by atoms with E-state index in [2.05, 4.69) is 31.0 Å². The fraction of sp³-hybridized carbons (Fsp3) is 0.158. The lowest BCUT2D eigenvalue weighted by atomic mass is 10.2. The molecule has 2 aromatic heterocycles. The molecule has 4 rings (SSSR count). The minimum Gasteiger partial charge on any atom is -0.324 e. The summed E-state index contributed by atoms with van der Waals surface area (Å²) in [5.41, 5.74) is 2.76. The Morgan fingerprint density at radius 1 is 1.03 bits per heavy atom. The molecule has 2 heterocycles. The van der Waals surface area contributed by atoms with Crippen molar-refractivity contribution < 1.29 is 9.59 Å². The number of carbonyl (C=O) groups is 2. The van der Waals surface area contributed by atoms with E-state index < -0.39 is 6.04 Å². The molecule has 0 aliphatic rings. The molecule has 0 aliphatic heterocycles. The van der Waals surface area contributed by atoms with E-state index in [1.165, 1.54) is 17.3 Å². The van der Waals surface area contributed by atoms with Gasteiger partial charge in [0.2, 0.25) is 11.8 Å². The lowest BCUT2D eigenvalue weighted by Crippen LogP contribution is -2.24. The molecule has 4 aromatic rings. The lowest BCUT2D eigenvalue weighted by molar-refractivity contribution is -0.119. The predicted molar refractivity (Wildman–Crippen MR) is 106 cm³/mol. The van der Waals surface area contributed by atoms with Crippen LogP contribution in [0.2, 0.25) is 0 Å². The second-order valence-electron chi connectivity index (χ2n) is 6.40. The van der Waals surface area contributed by atoms with Crippen molar-refractivity contribution in [3.63, 3.8) is 0 Å². The molecule has 1 unspecified atom stereocenters. The number of nitrogens with zero attached hydrogens (tertiary/aromatic N) is 6. The smallest absolute Gasteiger partial charge is 0.249 e. The molecule has 29 heavy (non-hydrogen) atoms. The minimum absolute atomic E-state index is 0.0500. The standard InChI is InChI=1S/C19H18N8O2/c1-13(27-12-20-11-21-27)19(29)23-15-8-6-14(7-9-15)22-18(28)10-26-17-5-3-2-4-16(17)24-25-26/h2-9,11-13H,10H2,1H3,(H,22,28)(H,23,29). The molecule has 0 radical (unpaired) electrons. The highest BCUT2D eigenvalue weighted by molar-refractivity contribution is 5.94. The topological polar surface area (TPSA) is 120 Å². The molecule has 2 aromatic carbocycles. The van der Waals surface area contributed by atoms with E-state index in [1.807, 2.05) is 24.3 Å². The summed E-state index contributed by atoms with van der Waals surface area (Å²) in [6, 6.07) is 13.8. The number of rotatable bonds is 6. The number of para-hydroxylation sites is 1. The molecule has 1 atom stereocenters. The summed E-state index contributed by atoms with van der Waals surface area (Å²) in [6.07, 6.45) is 2.87. The molecule has 146 valence electrons. The second-order valence-corrected chi connectivity index (χ2v) is 6.40. The van der Waals surface area contributed by atoms with Crippen molar-refractivity contribution in [3.05, 3.63) is 61.2 Å². The maximum atomic E-state index is 12.3. The van der Waals surface area contributed by atoms with E-state index in [1.54, 1.807) is 35.9 Å². The average molecular weight is 390 g/mol. The fourth-order valence-electron chi connectivity index (χ4n) is 2.79. The largest absolute Gasteiger partial charge is 0.324 e. The van der Waals surface area contributed by atoms with E-state index in [-0.39, 0.29) is 18.4 Å². The van der Waals surface area contributed by atoms with Crippen molar-refractivity contribution in [2.45, 2.75) is 19.5 Å². The first-order valence-corrected chi connectivity index (χ1v) is 8.93. The van der Waals surface area contributed by atoms with Crippen LogP contribution in [0.25, 0.3) is 11.0 Å². The molecule has 2 amide bonds. The second kappa shape index (κ2) is 7.89. The Kier molecular flexibility index (Phi) is 4.97. The number of carbonyl (C=O) groups excluding carboxylic acids is 2. The van der Waals surface area contributed by atoms with Crippen molar-refractivity contribution in [1.29, 1.82) is 0 Å². The third kappa shape index (κ3) is 4.10. The van der Waals surface area contributed by atoms with Crippen LogP contribution in [0.4, 0.5) is 11.4 Å². The molecular weight excluding hydrogens is 372 g/mol. The molecule has 0 bridgehead atoms. The van der Waals surface area contributed by atoms with Crippen LogP contribution in [0.3, 0.4) is 0 Å². The maximum absolute atomic E-state index is 12.3. The number of nitrogens with one attached hydrogen (secondary N) is 2. The molecule has 0 saturated heterocycles. The Balaban J connectivity index is 1.35. The van der Waals surface area contributed by atoms with E-state index in [0.29, 0.717) is 11.4 Å². The lowest BCUT2D eigenvalue weighted by Gasteiger charge is -2.12. The van der Waals surface area contributed by atoms with Crippen molar-refractivity contribution in [2.75, 3.05) is 10.6 Å². The monoisotopic (exact) mass is 390 g/mol. The first kappa shape index (κ1) is 18.3. The van der Waals surface area contributed by atoms with Crippen LogP contribution in [0.15, 0.2) is 61.2 Å². The third-order valence-electron chi connectivity index (χ3n) is 4.36. The molecule has 0 aliphatic carbocycles. The molecule has 0 saturated carbocycles. The van der Waals surface area contributed by atoms with Gasteiger partial charge >= 0.3 is 0 Å². The maximum Gasteiger partial charge on any atom is 0.249 e. The summed E-state index contributed by atoms with van der Waals surface area (Å²) in [4.78, 5) is 28.4. The van der Waals surface area contributed by atoms with Crippen LogP contribution in [-0.2, 0) is 16.1 Å². The van der Waals surface area contributed by atoms with Gasteiger partial charge in [-0.1, -0.05) is 17.3 Å². The summed E-state index contributed by atoms with van der Waals surface area (Å²) < 4.78 is 3.02. The highest BCUT2D eigenvalue weighted by Gasteiger charge is 2.15. The van der Waals surface area contributed by atoms with Gasteiger partial charge in [-0.15, -0.1) is 5.10 Å². The Morgan fingerprint density at radius 3 is 2.48 bits per heavy atom. The molecule has 0 fully saturated rings. The fourth-order valence-corrected chi connectivity index (χ4v) is 2.79. The van der Waals surface area contributed by atoms with E-state index in [0.717, 1.165) is 11.0 Å². The van der Waals surface area contributed by atoms with E-state index >= 15 is 0 Å². The number of hydrogen-bond donors (Lipinski definition) is 2. The van der Waals surface area contributed by atoms with Crippen molar-refractivity contribution >= 4 is 34.2 Å². The first-order chi connectivity index (χ1) is 14.1. The van der Waals surface area contributed by atoms with Gasteiger partial charge in [-0.2, -0.15) is 5.10 Å². The quantitative estimate of drug-likeness (QED) is 0.519. The van der Waals surface area contributed by atoms with Crippen LogP contribution >= 0.6 is 0 Å². The van der Waals surface area contributed by atoms with Gasteiger partial charge in [0.05, 0.1) is 5.52 Å². The molecule has 0 spiro atoms. The van der Waals surface area contributed by atoms with Gasteiger partial charge in [-0.05, 0) is 43.3 Å². The Bertz CT molecular complexity index is 1130. The van der Waals surface area contributed by atoms with Crippen LogP contribution in [0, 0.1) is 0 Å². The summed E-state index contributed by atoms with van der Waals surface area (Å²) in [5, 5.41) is 17.6. The Labute approximate surface area is 165 Å². The Hall–Kier alpha value is -4.08. The number of fused-ring (bicyclic) bond motifs is 1. The molecule has 10 heteroatoms. The molecule has 10 nitrogen and oxygen atoms in total. The van der Waals surface area contributed by atoms with E-state index in [9.17, 15) is 9.59 Å². The third-order valence-corrected chi connectivity index (χ3v) is 4.36. The number of amides is 2. The normalized spacial score (nSPS) is 11.9. The van der Waals surface area contributed by atoms with Crippen molar-refractivity contribution in [2.24, 2.45) is 0 Å². The summed E-state index contributed by atoms with van der Waals surface area (Å²) >= 11 is 0. The highest BCUT2D eigenvalue weighted by Crippen LogP contribution is 2.16. The van der Waals surface area contributed by atoms with Crippen LogP contribution in [-0.4, -0.2) is 41.6 Å². The number of benzene rings is 2. The number of aromatic nitrogens is 6. The van der Waals surface area contributed by atoms with Gasteiger partial charge < -0.3 is 10.6 Å². The van der Waals surface area contributed by atoms with Crippen LogP contribution in [0.1, 0.15) is 13.0 Å². The predicted octanol–water partition coefficient (Wildman–Crippen LogP) is 1.86. The summed E-state index contributed by atoms with van der Waals surface area (Å²) in [5.74, 6) is -0.442. The van der Waals surface area contributed by atoms with Crippen molar-refractivity contribution in [3.8, 4) is 0 Å². The SMILES string of the molecule is CC(C(=O)Nc1ccc(NC(=O)Cn2nnc3ccccc32)cc1)n1cncn1. The zero-order valence-electron chi connectivity index (χ0n) is 15.6. The van der Waals surface area contributed by atoms with Crippen LogP contribution < -0.4 is 10.6 Å². The molecule has 2 N–H and O–H groups in total. The molecular formula is C19H18N8O2. The van der Waals surface area contributed by atoms with Gasteiger partial charge in [-0.3, -0.25) is 9.59 Å².